The van der Waals surface area contributed by atoms with E-state index in [0.717, 1.165) is 28.3 Å². The number of carbonyl (C=O) groups excluding carboxylic acids is 1. The van der Waals surface area contributed by atoms with Gasteiger partial charge < -0.3 is 9.42 Å². The molecule has 1 amide bonds. The Morgan fingerprint density at radius 3 is 2.64 bits per heavy atom. The summed E-state index contributed by atoms with van der Waals surface area (Å²) in [4.78, 5) is 14.7. The third-order valence-corrected chi connectivity index (χ3v) is 6.07. The molecule has 0 spiro atoms. The first-order chi connectivity index (χ1) is 13.5. The van der Waals surface area contributed by atoms with E-state index in [1.54, 1.807) is 6.07 Å². The molecule has 1 aliphatic heterocycles. The van der Waals surface area contributed by atoms with Crippen LogP contribution in [-0.2, 0) is 0 Å². The maximum atomic E-state index is 12.5. The number of nitrogens with one attached hydrogen (secondary N) is 1. The number of hydrogen-bond acceptors (Lipinski definition) is 7. The van der Waals surface area contributed by atoms with Gasteiger partial charge in [-0.2, -0.15) is 0 Å². The van der Waals surface area contributed by atoms with Crippen molar-refractivity contribution in [2.45, 2.75) is 20.3 Å². The van der Waals surface area contributed by atoms with Gasteiger partial charge in [0.05, 0.1) is 0 Å². The topological polar surface area (TPSA) is 84.2 Å². The van der Waals surface area contributed by atoms with E-state index in [1.807, 2.05) is 24.3 Å². The zero-order valence-corrected chi connectivity index (χ0v) is 18.0. The molecule has 0 aliphatic carbocycles. The van der Waals surface area contributed by atoms with Gasteiger partial charge in [0, 0.05) is 29.2 Å². The van der Waals surface area contributed by atoms with Crippen LogP contribution in [0.2, 0.25) is 0 Å². The summed E-state index contributed by atoms with van der Waals surface area (Å²) in [7, 11) is 0. The highest BCUT2D eigenvalue weighted by atomic mass is 79.9. The summed E-state index contributed by atoms with van der Waals surface area (Å²) in [5.41, 5.74) is 1.05. The van der Waals surface area contributed by atoms with E-state index in [9.17, 15) is 4.79 Å². The van der Waals surface area contributed by atoms with Crippen LogP contribution in [0, 0.1) is 11.8 Å². The monoisotopic (exact) mass is 461 g/mol. The van der Waals surface area contributed by atoms with Crippen LogP contribution in [0.25, 0.3) is 11.3 Å². The van der Waals surface area contributed by atoms with Crippen LogP contribution in [0.3, 0.4) is 0 Å². The van der Waals surface area contributed by atoms with Crippen LogP contribution in [0.15, 0.2) is 39.3 Å². The van der Waals surface area contributed by atoms with Crippen LogP contribution in [0.4, 0.5) is 10.3 Å². The molecule has 0 radical (unpaired) electrons. The number of carbonyl (C=O) groups is 1. The number of benzene rings is 1. The maximum Gasteiger partial charge on any atom is 0.279 e. The van der Waals surface area contributed by atoms with Gasteiger partial charge >= 0.3 is 0 Å². The molecule has 1 aromatic carbocycles. The van der Waals surface area contributed by atoms with Gasteiger partial charge in [-0.25, -0.2) is 0 Å². The molecule has 0 bridgehead atoms. The van der Waals surface area contributed by atoms with Crippen molar-refractivity contribution in [2.24, 2.45) is 11.8 Å². The molecule has 1 saturated heterocycles. The minimum atomic E-state index is -0.366. The highest BCUT2D eigenvalue weighted by Gasteiger charge is 2.25. The third kappa shape index (κ3) is 4.25. The van der Waals surface area contributed by atoms with Crippen molar-refractivity contribution in [3.63, 3.8) is 0 Å². The lowest BCUT2D eigenvalue weighted by molar-refractivity contribution is 0.101. The van der Waals surface area contributed by atoms with E-state index in [-0.39, 0.29) is 11.6 Å². The summed E-state index contributed by atoms with van der Waals surface area (Å²) in [6.45, 7) is 6.43. The minimum Gasteiger partial charge on any atom is -0.355 e. The molecule has 28 heavy (non-hydrogen) atoms. The number of hydrogen-bond donors (Lipinski definition) is 1. The van der Waals surface area contributed by atoms with Crippen LogP contribution in [0.1, 0.15) is 30.8 Å². The van der Waals surface area contributed by atoms with Crippen LogP contribution >= 0.6 is 27.3 Å². The predicted molar refractivity (Wildman–Crippen MR) is 113 cm³/mol. The number of rotatable bonds is 4. The zero-order valence-electron chi connectivity index (χ0n) is 15.6. The van der Waals surface area contributed by atoms with Gasteiger partial charge in [-0.1, -0.05) is 58.4 Å². The largest absolute Gasteiger partial charge is 0.355 e. The van der Waals surface area contributed by atoms with Crippen molar-refractivity contribution in [1.29, 1.82) is 0 Å². The lowest BCUT2D eigenvalue weighted by atomic mass is 9.92. The van der Waals surface area contributed by atoms with Gasteiger partial charge in [0.2, 0.25) is 10.3 Å². The number of anilines is 2. The second-order valence-electron chi connectivity index (χ2n) is 7.28. The maximum absolute atomic E-state index is 12.5. The van der Waals surface area contributed by atoms with E-state index >= 15 is 0 Å². The predicted octanol–water partition coefficient (Wildman–Crippen LogP) is 4.69. The average molecular weight is 462 g/mol. The average Bonchev–Trinajstić information content (AvgIpc) is 3.31. The van der Waals surface area contributed by atoms with Gasteiger partial charge in [-0.05, 0) is 30.4 Å². The highest BCUT2D eigenvalue weighted by Crippen LogP contribution is 2.30. The lowest BCUT2D eigenvalue weighted by Gasteiger charge is -2.34. The molecule has 3 heterocycles. The smallest absolute Gasteiger partial charge is 0.279 e. The van der Waals surface area contributed by atoms with Crippen molar-refractivity contribution in [3.8, 4) is 11.3 Å². The summed E-state index contributed by atoms with van der Waals surface area (Å²) in [6, 6.07) is 9.22. The Morgan fingerprint density at radius 2 is 1.93 bits per heavy atom. The molecule has 9 heteroatoms. The van der Waals surface area contributed by atoms with Crippen LogP contribution < -0.4 is 10.2 Å². The van der Waals surface area contributed by atoms with Crippen LogP contribution in [0.5, 0.6) is 0 Å². The quantitative estimate of drug-likeness (QED) is 0.606. The molecule has 0 unspecified atom stereocenters. The zero-order chi connectivity index (χ0) is 19.7. The summed E-state index contributed by atoms with van der Waals surface area (Å²) >= 11 is 4.77. The molecule has 0 saturated carbocycles. The summed E-state index contributed by atoms with van der Waals surface area (Å²) in [6.07, 6.45) is 1.23. The fraction of sp³-hybridized carbons (Fsp3) is 0.368. The molecule has 4 rings (SSSR count). The Hall–Kier alpha value is -2.26. The third-order valence-electron chi connectivity index (χ3n) is 4.65. The first-order valence-corrected chi connectivity index (χ1v) is 10.7. The number of amides is 1. The lowest BCUT2D eigenvalue weighted by Crippen LogP contribution is -2.38. The number of nitrogens with zero attached hydrogens (tertiary/aromatic N) is 4. The second kappa shape index (κ2) is 8.00. The van der Waals surface area contributed by atoms with E-state index in [0.29, 0.717) is 22.7 Å². The summed E-state index contributed by atoms with van der Waals surface area (Å²) in [5.74, 6) is 1.41. The van der Waals surface area contributed by atoms with Gasteiger partial charge in [-0.15, -0.1) is 10.2 Å². The van der Waals surface area contributed by atoms with E-state index < -0.39 is 0 Å². The Balaban J connectivity index is 1.43. The molecular weight excluding hydrogens is 442 g/mol. The Kier molecular flexibility index (Phi) is 5.45. The molecule has 2 aromatic heterocycles. The van der Waals surface area contributed by atoms with Crippen LogP contribution in [-0.4, -0.2) is 34.4 Å². The van der Waals surface area contributed by atoms with Crippen molar-refractivity contribution in [1.82, 2.24) is 15.4 Å². The molecule has 1 fully saturated rings. The summed E-state index contributed by atoms with van der Waals surface area (Å²) < 4.78 is 6.28. The van der Waals surface area contributed by atoms with Crippen molar-refractivity contribution in [2.75, 3.05) is 23.3 Å². The molecule has 1 N–H and O–H groups in total. The van der Waals surface area contributed by atoms with Gasteiger partial charge in [0.1, 0.15) is 0 Å². The Morgan fingerprint density at radius 1 is 1.21 bits per heavy atom. The fourth-order valence-electron chi connectivity index (χ4n) is 3.51. The molecule has 1 aliphatic rings. The molecule has 3 aromatic rings. The van der Waals surface area contributed by atoms with Crippen molar-refractivity contribution in [3.05, 3.63) is 40.5 Å². The van der Waals surface area contributed by atoms with Crippen molar-refractivity contribution < 1.29 is 9.32 Å². The molecular formula is C19H20BrN5O2S. The highest BCUT2D eigenvalue weighted by molar-refractivity contribution is 9.10. The molecule has 7 nitrogen and oxygen atoms in total. The first kappa shape index (κ1) is 19.1. The Labute approximate surface area is 175 Å². The molecule has 146 valence electrons. The van der Waals surface area contributed by atoms with Gasteiger partial charge in [0.15, 0.2) is 11.5 Å². The first-order valence-electron chi connectivity index (χ1n) is 9.10. The van der Waals surface area contributed by atoms with Gasteiger partial charge in [-0.3, -0.25) is 10.1 Å². The number of piperidine rings is 1. The number of halogens is 1. The normalized spacial score (nSPS) is 19.6. The SMILES string of the molecule is C[C@@H]1C[C@H](C)CN(c2nnc(NC(=O)c3cc(-c4ccc(Br)cc4)on3)s2)C1. The molecule has 2 atom stereocenters. The van der Waals surface area contributed by atoms with Gasteiger partial charge in [0.25, 0.3) is 5.91 Å². The minimum absolute atomic E-state index is 0.204. The van der Waals surface area contributed by atoms with Crippen molar-refractivity contribution >= 4 is 43.4 Å². The van der Waals surface area contributed by atoms with E-state index in [1.165, 1.54) is 17.8 Å². The Bertz CT molecular complexity index is 961. The van der Waals surface area contributed by atoms with E-state index in [4.69, 9.17) is 4.52 Å². The van der Waals surface area contributed by atoms with E-state index in [2.05, 4.69) is 55.3 Å². The summed E-state index contributed by atoms with van der Waals surface area (Å²) in [5, 5.41) is 16.3. The number of aromatic nitrogens is 3. The fourth-order valence-corrected chi connectivity index (χ4v) is 4.53. The second-order valence-corrected chi connectivity index (χ2v) is 9.15. The standard InChI is InChI=1S/C19H20BrN5O2S/c1-11-7-12(2)10-25(9-11)19-23-22-18(28-19)21-17(26)15-8-16(27-24-15)13-3-5-14(20)6-4-13/h3-6,8,11-12H,7,9-10H2,1-2H3,(H,21,22,26)/t11-,12+.